The number of benzene rings is 2. The molecule has 1 amide bonds. The molecule has 1 N–H and O–H groups in total. The highest BCUT2D eigenvalue weighted by molar-refractivity contribution is 6.02. The Morgan fingerprint density at radius 2 is 1.80 bits per heavy atom. The predicted octanol–water partition coefficient (Wildman–Crippen LogP) is 3.81. The van der Waals surface area contributed by atoms with E-state index in [0.29, 0.717) is 22.9 Å². The summed E-state index contributed by atoms with van der Waals surface area (Å²) >= 11 is 0. The molecule has 7 heteroatoms. The lowest BCUT2D eigenvalue weighted by atomic mass is 10.2. The summed E-state index contributed by atoms with van der Waals surface area (Å²) in [4.78, 5) is 24.9. The molecule has 30 heavy (non-hydrogen) atoms. The second-order valence-corrected chi connectivity index (χ2v) is 7.15. The maximum Gasteiger partial charge on any atom is 0.276 e. The molecule has 0 unspecified atom stereocenters. The average molecular weight is 405 g/mol. The second kappa shape index (κ2) is 8.82. The largest absolute Gasteiger partial charge is 0.493 e. The Hall–Kier alpha value is -3.61. The number of nitrogens with zero attached hydrogens (tertiary/aromatic N) is 2. The van der Waals surface area contributed by atoms with Gasteiger partial charge in [0.2, 0.25) is 0 Å². The molecule has 0 spiro atoms. The van der Waals surface area contributed by atoms with Crippen molar-refractivity contribution >= 4 is 11.6 Å². The van der Waals surface area contributed by atoms with Crippen LogP contribution in [0.25, 0.3) is 5.69 Å². The molecule has 0 aliphatic heterocycles. The quantitative estimate of drug-likeness (QED) is 0.674. The van der Waals surface area contributed by atoms with Gasteiger partial charge in [-0.15, -0.1) is 0 Å². The molecule has 3 aromatic rings. The third-order valence-electron chi connectivity index (χ3n) is 5.05. The Morgan fingerprint density at radius 1 is 1.03 bits per heavy atom. The molecular weight excluding hydrogens is 382 g/mol. The third-order valence-corrected chi connectivity index (χ3v) is 5.05. The molecule has 4 rings (SSSR count). The van der Waals surface area contributed by atoms with Crippen molar-refractivity contribution in [3.05, 3.63) is 76.7 Å². The number of amides is 1. The molecule has 0 bridgehead atoms. The number of nitrogens with one attached hydrogen (secondary N) is 1. The Morgan fingerprint density at radius 3 is 2.53 bits per heavy atom. The van der Waals surface area contributed by atoms with Crippen LogP contribution in [-0.2, 0) is 0 Å². The van der Waals surface area contributed by atoms with Crippen molar-refractivity contribution in [1.29, 1.82) is 0 Å². The van der Waals surface area contributed by atoms with E-state index >= 15 is 0 Å². The third kappa shape index (κ3) is 4.35. The van der Waals surface area contributed by atoms with Crippen LogP contribution in [0, 0.1) is 0 Å². The lowest BCUT2D eigenvalue weighted by Gasteiger charge is -2.17. The van der Waals surface area contributed by atoms with Crippen LogP contribution >= 0.6 is 0 Å². The average Bonchev–Trinajstić information content (AvgIpc) is 3.28. The fraction of sp³-hybridized carbons (Fsp3) is 0.261. The molecule has 1 fully saturated rings. The zero-order valence-corrected chi connectivity index (χ0v) is 16.7. The van der Waals surface area contributed by atoms with Crippen LogP contribution < -0.4 is 20.3 Å². The van der Waals surface area contributed by atoms with E-state index in [1.54, 1.807) is 49.6 Å². The summed E-state index contributed by atoms with van der Waals surface area (Å²) in [6.45, 7) is 0. The molecular formula is C23H23N3O4. The van der Waals surface area contributed by atoms with Crippen molar-refractivity contribution in [3.8, 4) is 17.2 Å². The molecule has 1 aliphatic carbocycles. The molecule has 0 atom stereocenters. The van der Waals surface area contributed by atoms with Gasteiger partial charge in [-0.2, -0.15) is 9.78 Å². The monoisotopic (exact) mass is 405 g/mol. The first-order valence-corrected chi connectivity index (χ1v) is 9.96. The number of anilines is 1. The zero-order valence-electron chi connectivity index (χ0n) is 16.7. The number of carbonyl (C=O) groups is 1. The van der Waals surface area contributed by atoms with Crippen molar-refractivity contribution in [2.45, 2.75) is 31.8 Å². The van der Waals surface area contributed by atoms with Crippen LogP contribution in [0.2, 0.25) is 0 Å². The van der Waals surface area contributed by atoms with E-state index in [0.717, 1.165) is 25.7 Å². The van der Waals surface area contributed by atoms with Crippen molar-refractivity contribution in [2.75, 3.05) is 12.4 Å². The second-order valence-electron chi connectivity index (χ2n) is 7.15. The molecule has 1 aliphatic rings. The van der Waals surface area contributed by atoms with Crippen molar-refractivity contribution in [1.82, 2.24) is 9.78 Å². The lowest BCUT2D eigenvalue weighted by Crippen LogP contribution is -2.24. The van der Waals surface area contributed by atoms with Gasteiger partial charge in [-0.05, 0) is 56.0 Å². The Labute approximate surface area is 174 Å². The van der Waals surface area contributed by atoms with Crippen molar-refractivity contribution in [2.24, 2.45) is 0 Å². The van der Waals surface area contributed by atoms with Crippen LogP contribution in [0.1, 0.15) is 36.2 Å². The van der Waals surface area contributed by atoms with Gasteiger partial charge < -0.3 is 14.8 Å². The smallest absolute Gasteiger partial charge is 0.276 e. The Bertz CT molecular complexity index is 1090. The van der Waals surface area contributed by atoms with Gasteiger partial charge in [-0.1, -0.05) is 18.2 Å². The summed E-state index contributed by atoms with van der Waals surface area (Å²) in [5, 5.41) is 7.03. The summed E-state index contributed by atoms with van der Waals surface area (Å²) in [6, 6.07) is 17.0. The van der Waals surface area contributed by atoms with E-state index in [2.05, 4.69) is 10.4 Å². The Kier molecular flexibility index (Phi) is 5.79. The number of para-hydroxylation sites is 1. The normalized spacial score (nSPS) is 13.8. The summed E-state index contributed by atoms with van der Waals surface area (Å²) in [5.41, 5.74) is 0.976. The van der Waals surface area contributed by atoms with Crippen LogP contribution in [0.4, 0.5) is 5.69 Å². The number of aromatic nitrogens is 2. The highest BCUT2D eigenvalue weighted by Gasteiger charge is 2.19. The van der Waals surface area contributed by atoms with Gasteiger partial charge >= 0.3 is 0 Å². The topological polar surface area (TPSA) is 82.5 Å². The summed E-state index contributed by atoms with van der Waals surface area (Å²) in [6.07, 6.45) is 4.52. The van der Waals surface area contributed by atoms with Gasteiger partial charge in [0.1, 0.15) is 5.69 Å². The van der Waals surface area contributed by atoms with Crippen LogP contribution in [0.3, 0.4) is 0 Å². The van der Waals surface area contributed by atoms with E-state index in [1.165, 1.54) is 16.8 Å². The minimum absolute atomic E-state index is 0.132. The minimum Gasteiger partial charge on any atom is -0.493 e. The molecule has 7 nitrogen and oxygen atoms in total. The summed E-state index contributed by atoms with van der Waals surface area (Å²) in [5.74, 6) is 0.803. The van der Waals surface area contributed by atoms with Gasteiger partial charge in [0.25, 0.3) is 11.5 Å². The van der Waals surface area contributed by atoms with E-state index in [-0.39, 0.29) is 17.4 Å². The van der Waals surface area contributed by atoms with Gasteiger partial charge in [0.05, 0.1) is 18.9 Å². The molecule has 1 aromatic heterocycles. The number of hydrogen-bond donors (Lipinski definition) is 1. The number of carbonyl (C=O) groups excluding carboxylic acids is 1. The van der Waals surface area contributed by atoms with Crippen molar-refractivity contribution < 1.29 is 14.3 Å². The highest BCUT2D eigenvalue weighted by atomic mass is 16.5. The number of ether oxygens (including phenoxy) is 2. The molecule has 154 valence electrons. The maximum atomic E-state index is 12.8. The molecule has 0 radical (unpaired) electrons. The van der Waals surface area contributed by atoms with Gasteiger partial charge in [0.15, 0.2) is 11.5 Å². The highest BCUT2D eigenvalue weighted by Crippen LogP contribution is 2.34. The first-order chi connectivity index (χ1) is 14.6. The number of methoxy groups -OCH3 is 1. The molecule has 1 saturated carbocycles. The van der Waals surface area contributed by atoms with E-state index < -0.39 is 5.91 Å². The van der Waals surface area contributed by atoms with Crippen molar-refractivity contribution in [3.63, 3.8) is 0 Å². The molecule has 2 aromatic carbocycles. The van der Waals surface area contributed by atoms with Gasteiger partial charge in [-0.25, -0.2) is 0 Å². The van der Waals surface area contributed by atoms with Crippen LogP contribution in [0.5, 0.6) is 11.5 Å². The number of rotatable bonds is 6. The first-order valence-electron chi connectivity index (χ1n) is 9.96. The maximum absolute atomic E-state index is 12.8. The molecule has 1 heterocycles. The summed E-state index contributed by atoms with van der Waals surface area (Å²) in [7, 11) is 1.59. The standard InChI is InChI=1S/C23H23N3O4/c1-29-20-13-11-16(15-21(20)30-18-9-5-6-10-18)24-23(28)19-12-14-22(27)26(25-19)17-7-3-2-4-8-17/h2-4,7-8,11-15,18H,5-6,9-10H2,1H3,(H,24,28). The van der Waals surface area contributed by atoms with Gasteiger partial charge in [0, 0.05) is 17.8 Å². The number of hydrogen-bond acceptors (Lipinski definition) is 5. The summed E-state index contributed by atoms with van der Waals surface area (Å²) < 4.78 is 12.7. The van der Waals surface area contributed by atoms with E-state index in [4.69, 9.17) is 9.47 Å². The van der Waals surface area contributed by atoms with E-state index in [1.807, 2.05) is 6.07 Å². The van der Waals surface area contributed by atoms with Crippen LogP contribution in [0.15, 0.2) is 65.5 Å². The lowest BCUT2D eigenvalue weighted by molar-refractivity contribution is 0.102. The molecule has 0 saturated heterocycles. The minimum atomic E-state index is -0.420. The van der Waals surface area contributed by atoms with Crippen LogP contribution in [-0.4, -0.2) is 28.9 Å². The zero-order chi connectivity index (χ0) is 20.9. The first kappa shape index (κ1) is 19.7. The SMILES string of the molecule is COc1ccc(NC(=O)c2ccc(=O)n(-c3ccccc3)n2)cc1OC1CCCC1. The van der Waals surface area contributed by atoms with Gasteiger partial charge in [-0.3, -0.25) is 9.59 Å². The fourth-order valence-corrected chi connectivity index (χ4v) is 3.51. The Balaban J connectivity index is 1.56. The van der Waals surface area contributed by atoms with E-state index in [9.17, 15) is 9.59 Å². The predicted molar refractivity (Wildman–Crippen MR) is 114 cm³/mol. The fourth-order valence-electron chi connectivity index (χ4n) is 3.51.